The molecule has 0 aliphatic heterocycles. The van der Waals surface area contributed by atoms with Crippen LogP contribution in [-0.4, -0.2) is 11.5 Å². The number of thiazole rings is 1. The van der Waals surface area contributed by atoms with E-state index in [2.05, 4.69) is 42.6 Å². The van der Waals surface area contributed by atoms with Crippen LogP contribution in [0.1, 0.15) is 43.7 Å². The molecule has 0 saturated carbocycles. The van der Waals surface area contributed by atoms with Crippen molar-refractivity contribution < 1.29 is 0 Å². The van der Waals surface area contributed by atoms with Gasteiger partial charge in [-0.2, -0.15) is 0 Å². The second-order valence-corrected chi connectivity index (χ2v) is 6.26. The Balaban J connectivity index is 1.58. The minimum Gasteiger partial charge on any atom is -0.308 e. The number of hydrogen-bond donors (Lipinski definition) is 1. The van der Waals surface area contributed by atoms with Gasteiger partial charge in [0.25, 0.3) is 0 Å². The number of aromatic nitrogens is 1. The molecule has 0 amide bonds. The number of allylic oxidation sites excluding steroid dienone is 1. The Bertz CT molecular complexity index is 552. The first-order chi connectivity index (χ1) is 9.33. The topological polar surface area (TPSA) is 24.9 Å². The van der Waals surface area contributed by atoms with Gasteiger partial charge in [0.15, 0.2) is 0 Å². The summed E-state index contributed by atoms with van der Waals surface area (Å²) in [5, 5.41) is 4.79. The summed E-state index contributed by atoms with van der Waals surface area (Å²) in [7, 11) is 0. The standard InChI is InChI=1S/C16H20N2S/c1-12(17-11-10-13-6-2-3-7-13)16-18-14-8-4-5-9-15(14)19-16/h4-6,8-9,12,17H,2-3,7,10-11H2,1H3. The molecule has 100 valence electrons. The minimum atomic E-state index is 0.347. The molecule has 1 heterocycles. The van der Waals surface area contributed by atoms with E-state index in [4.69, 9.17) is 4.98 Å². The maximum atomic E-state index is 4.70. The predicted octanol–water partition coefficient (Wildman–Crippen LogP) is 4.45. The lowest BCUT2D eigenvalue weighted by Gasteiger charge is -2.11. The van der Waals surface area contributed by atoms with E-state index in [9.17, 15) is 0 Å². The first-order valence-electron chi connectivity index (χ1n) is 7.10. The molecule has 1 aromatic heterocycles. The van der Waals surface area contributed by atoms with Crippen LogP contribution in [0.4, 0.5) is 0 Å². The molecule has 0 radical (unpaired) electrons. The van der Waals surface area contributed by atoms with Crippen LogP contribution in [0.3, 0.4) is 0 Å². The zero-order valence-electron chi connectivity index (χ0n) is 11.4. The zero-order chi connectivity index (χ0) is 13.1. The average molecular weight is 272 g/mol. The van der Waals surface area contributed by atoms with Gasteiger partial charge in [0.05, 0.1) is 16.3 Å². The van der Waals surface area contributed by atoms with Crippen LogP contribution < -0.4 is 5.32 Å². The van der Waals surface area contributed by atoms with Crippen molar-refractivity contribution in [3.05, 3.63) is 40.9 Å². The molecule has 3 rings (SSSR count). The molecule has 2 aromatic rings. The van der Waals surface area contributed by atoms with Crippen molar-refractivity contribution in [2.24, 2.45) is 0 Å². The normalized spacial score (nSPS) is 16.8. The number of benzene rings is 1. The van der Waals surface area contributed by atoms with Crippen LogP contribution >= 0.6 is 11.3 Å². The van der Waals surface area contributed by atoms with Gasteiger partial charge in [0.2, 0.25) is 0 Å². The Hall–Kier alpha value is -1.19. The molecular formula is C16H20N2S. The van der Waals surface area contributed by atoms with Gasteiger partial charge in [0.1, 0.15) is 5.01 Å². The third-order valence-electron chi connectivity index (χ3n) is 3.71. The molecule has 0 fully saturated rings. The van der Waals surface area contributed by atoms with E-state index in [1.165, 1.54) is 35.4 Å². The molecule has 1 aliphatic carbocycles. The SMILES string of the molecule is CC(NCCC1=CCCC1)c1nc2ccccc2s1. The number of rotatable bonds is 5. The largest absolute Gasteiger partial charge is 0.308 e. The Labute approximate surface area is 118 Å². The average Bonchev–Trinajstić information content (AvgIpc) is 3.07. The first kappa shape index (κ1) is 12.8. The van der Waals surface area contributed by atoms with Crippen LogP contribution in [-0.2, 0) is 0 Å². The second kappa shape index (κ2) is 5.85. The Morgan fingerprint density at radius 3 is 3.05 bits per heavy atom. The quantitative estimate of drug-likeness (QED) is 0.814. The fourth-order valence-corrected chi connectivity index (χ4v) is 3.57. The van der Waals surface area contributed by atoms with E-state index in [1.54, 1.807) is 16.9 Å². The predicted molar refractivity (Wildman–Crippen MR) is 82.6 cm³/mol. The molecule has 3 heteroatoms. The smallest absolute Gasteiger partial charge is 0.111 e. The summed E-state index contributed by atoms with van der Waals surface area (Å²) in [6, 6.07) is 8.71. The van der Waals surface area contributed by atoms with E-state index in [0.717, 1.165) is 12.1 Å². The molecule has 1 aliphatic rings. The second-order valence-electron chi connectivity index (χ2n) is 5.20. The van der Waals surface area contributed by atoms with Gasteiger partial charge >= 0.3 is 0 Å². The number of para-hydroxylation sites is 1. The minimum absolute atomic E-state index is 0.347. The highest BCUT2D eigenvalue weighted by Gasteiger charge is 2.11. The molecule has 2 nitrogen and oxygen atoms in total. The van der Waals surface area contributed by atoms with Crippen molar-refractivity contribution in [1.82, 2.24) is 10.3 Å². The number of nitrogens with zero attached hydrogens (tertiary/aromatic N) is 1. The van der Waals surface area contributed by atoms with Gasteiger partial charge in [-0.15, -0.1) is 11.3 Å². The number of nitrogens with one attached hydrogen (secondary N) is 1. The van der Waals surface area contributed by atoms with Gasteiger partial charge in [-0.1, -0.05) is 23.8 Å². The van der Waals surface area contributed by atoms with Gasteiger partial charge in [-0.25, -0.2) is 4.98 Å². The number of fused-ring (bicyclic) bond motifs is 1. The van der Waals surface area contributed by atoms with Crippen molar-refractivity contribution in [3.63, 3.8) is 0 Å². The van der Waals surface area contributed by atoms with E-state index in [0.29, 0.717) is 6.04 Å². The van der Waals surface area contributed by atoms with E-state index >= 15 is 0 Å². The Kier molecular flexibility index (Phi) is 3.95. The van der Waals surface area contributed by atoms with Crippen LogP contribution in [0.5, 0.6) is 0 Å². The molecule has 1 unspecified atom stereocenters. The summed E-state index contributed by atoms with van der Waals surface area (Å²) in [6.45, 7) is 3.27. The zero-order valence-corrected chi connectivity index (χ0v) is 12.2. The molecule has 1 aromatic carbocycles. The maximum Gasteiger partial charge on any atom is 0.111 e. The van der Waals surface area contributed by atoms with Gasteiger partial charge < -0.3 is 5.32 Å². The Morgan fingerprint density at radius 2 is 2.26 bits per heavy atom. The van der Waals surface area contributed by atoms with E-state index < -0.39 is 0 Å². The van der Waals surface area contributed by atoms with Crippen molar-refractivity contribution in [3.8, 4) is 0 Å². The fourth-order valence-electron chi connectivity index (χ4n) is 2.58. The molecule has 0 spiro atoms. The highest BCUT2D eigenvalue weighted by molar-refractivity contribution is 7.18. The van der Waals surface area contributed by atoms with Crippen molar-refractivity contribution in [1.29, 1.82) is 0 Å². The molecule has 0 bridgehead atoms. The van der Waals surface area contributed by atoms with Crippen LogP contribution in [0.2, 0.25) is 0 Å². The van der Waals surface area contributed by atoms with Crippen molar-refractivity contribution in [2.75, 3.05) is 6.54 Å². The third-order valence-corrected chi connectivity index (χ3v) is 4.93. The number of hydrogen-bond acceptors (Lipinski definition) is 3. The highest BCUT2D eigenvalue weighted by Crippen LogP contribution is 2.26. The van der Waals surface area contributed by atoms with E-state index in [1.807, 2.05) is 0 Å². The van der Waals surface area contributed by atoms with Crippen LogP contribution in [0, 0.1) is 0 Å². The molecule has 1 atom stereocenters. The van der Waals surface area contributed by atoms with Crippen LogP contribution in [0.15, 0.2) is 35.9 Å². The lowest BCUT2D eigenvalue weighted by atomic mass is 10.1. The van der Waals surface area contributed by atoms with Crippen LogP contribution in [0.25, 0.3) is 10.2 Å². The monoisotopic (exact) mass is 272 g/mol. The summed E-state index contributed by atoms with van der Waals surface area (Å²) < 4.78 is 1.28. The van der Waals surface area contributed by atoms with Gasteiger partial charge in [-0.3, -0.25) is 0 Å². The molecule has 1 N–H and O–H groups in total. The lowest BCUT2D eigenvalue weighted by molar-refractivity contribution is 0.571. The van der Waals surface area contributed by atoms with Gasteiger partial charge in [0, 0.05) is 0 Å². The summed E-state index contributed by atoms with van der Waals surface area (Å²) in [5.41, 5.74) is 2.75. The summed E-state index contributed by atoms with van der Waals surface area (Å²) >= 11 is 1.80. The van der Waals surface area contributed by atoms with Crippen molar-refractivity contribution in [2.45, 2.75) is 38.6 Å². The van der Waals surface area contributed by atoms with Gasteiger partial charge in [-0.05, 0) is 51.3 Å². The molecular weight excluding hydrogens is 252 g/mol. The third kappa shape index (κ3) is 3.04. The molecule has 0 saturated heterocycles. The van der Waals surface area contributed by atoms with E-state index in [-0.39, 0.29) is 0 Å². The Morgan fingerprint density at radius 1 is 1.37 bits per heavy atom. The summed E-state index contributed by atoms with van der Waals surface area (Å²) in [6.07, 6.45) is 7.53. The fraction of sp³-hybridized carbons (Fsp3) is 0.438. The van der Waals surface area contributed by atoms with Crippen molar-refractivity contribution >= 4 is 21.6 Å². The molecule has 19 heavy (non-hydrogen) atoms. The lowest BCUT2D eigenvalue weighted by Crippen LogP contribution is -2.19. The maximum absolute atomic E-state index is 4.70. The summed E-state index contributed by atoms with van der Waals surface area (Å²) in [5.74, 6) is 0. The summed E-state index contributed by atoms with van der Waals surface area (Å²) in [4.78, 5) is 4.70. The first-order valence-corrected chi connectivity index (χ1v) is 7.91. The highest BCUT2D eigenvalue weighted by atomic mass is 32.1.